The van der Waals surface area contributed by atoms with E-state index in [1.807, 2.05) is 23.1 Å². The molecule has 1 unspecified atom stereocenters. The summed E-state index contributed by atoms with van der Waals surface area (Å²) in [5.74, 6) is 0.311. The second-order valence-electron chi connectivity index (χ2n) is 12.1. The molecular weight excluding hydrogens is 591 g/mol. The van der Waals surface area contributed by atoms with Gasteiger partial charge in [0.2, 0.25) is 0 Å². The summed E-state index contributed by atoms with van der Waals surface area (Å²) in [5.41, 5.74) is 3.44. The topological polar surface area (TPSA) is 61.9 Å². The van der Waals surface area contributed by atoms with Crippen LogP contribution in [0.4, 0.5) is 18.9 Å². The van der Waals surface area contributed by atoms with Crippen molar-refractivity contribution in [2.45, 2.75) is 50.7 Å². The highest BCUT2D eigenvalue weighted by Crippen LogP contribution is 2.43. The number of amides is 2. The molecule has 232 valence electrons. The second-order valence-corrected chi connectivity index (χ2v) is 12.6. The molecule has 0 radical (unpaired) electrons. The third-order valence-electron chi connectivity index (χ3n) is 9.69. The van der Waals surface area contributed by atoms with E-state index < -0.39 is 11.7 Å². The molecule has 1 aliphatic carbocycles. The first kappa shape index (κ1) is 30.3. The summed E-state index contributed by atoms with van der Waals surface area (Å²) in [6.45, 7) is 2.93. The Kier molecular flexibility index (Phi) is 8.26. The molecule has 0 bridgehead atoms. The predicted molar refractivity (Wildman–Crippen MR) is 163 cm³/mol. The van der Waals surface area contributed by atoms with Gasteiger partial charge in [0.1, 0.15) is 5.75 Å². The highest BCUT2D eigenvalue weighted by Gasteiger charge is 2.39. The molecule has 1 atom stereocenters. The van der Waals surface area contributed by atoms with Crippen molar-refractivity contribution >= 4 is 29.1 Å². The zero-order valence-corrected chi connectivity index (χ0v) is 25.3. The van der Waals surface area contributed by atoms with Gasteiger partial charge in [-0.05, 0) is 110 Å². The minimum atomic E-state index is -4.33. The number of hydrogen-bond donors (Lipinski definition) is 1. The Hall–Kier alpha value is -3.72. The summed E-state index contributed by atoms with van der Waals surface area (Å²) in [5, 5.41) is 3.41. The molecule has 2 saturated heterocycles. The summed E-state index contributed by atoms with van der Waals surface area (Å²) in [6.07, 6.45) is 0.962. The number of benzene rings is 3. The van der Waals surface area contributed by atoms with Gasteiger partial charge in [0.25, 0.3) is 11.8 Å². The quantitative estimate of drug-likeness (QED) is 0.323. The molecule has 3 aliphatic rings. The number of rotatable bonds is 5. The fourth-order valence-corrected chi connectivity index (χ4v) is 7.15. The Morgan fingerprint density at radius 2 is 1.61 bits per heavy atom. The van der Waals surface area contributed by atoms with Crippen LogP contribution >= 0.6 is 11.6 Å². The van der Waals surface area contributed by atoms with Gasteiger partial charge in [0.05, 0.1) is 29.3 Å². The summed E-state index contributed by atoms with van der Waals surface area (Å²) in [6, 6.07) is 16.0. The molecule has 1 spiro atoms. The SMILES string of the molecule is COc1ccc(C(=O)NC2CCc3ccc(C(=O)N4CCC5(CC4)CCN(c4ccc(C(F)(F)F)cc4)CC5)cc32)c(Cl)c1. The first-order valence-electron chi connectivity index (χ1n) is 15.0. The number of likely N-dealkylation sites (tertiary alicyclic amines) is 1. The van der Waals surface area contributed by atoms with Crippen molar-refractivity contribution in [2.24, 2.45) is 5.41 Å². The van der Waals surface area contributed by atoms with Crippen LogP contribution in [-0.2, 0) is 12.6 Å². The fourth-order valence-electron chi connectivity index (χ4n) is 6.90. The van der Waals surface area contributed by atoms with Gasteiger partial charge in [-0.25, -0.2) is 0 Å². The van der Waals surface area contributed by atoms with E-state index in [0.717, 1.165) is 80.6 Å². The van der Waals surface area contributed by atoms with Gasteiger partial charge in [-0.1, -0.05) is 17.7 Å². The van der Waals surface area contributed by atoms with Gasteiger partial charge >= 0.3 is 6.18 Å². The number of carbonyl (C=O) groups excluding carboxylic acids is 2. The molecule has 10 heteroatoms. The Labute approximate surface area is 260 Å². The van der Waals surface area contributed by atoms with Crippen molar-refractivity contribution in [3.8, 4) is 5.75 Å². The van der Waals surface area contributed by atoms with E-state index in [2.05, 4.69) is 10.2 Å². The van der Waals surface area contributed by atoms with Crippen molar-refractivity contribution in [1.29, 1.82) is 0 Å². The zero-order valence-electron chi connectivity index (χ0n) is 24.6. The van der Waals surface area contributed by atoms with Crippen molar-refractivity contribution in [3.63, 3.8) is 0 Å². The number of carbonyl (C=O) groups is 2. The Bertz CT molecular complexity index is 1540. The highest BCUT2D eigenvalue weighted by molar-refractivity contribution is 6.34. The average molecular weight is 626 g/mol. The predicted octanol–water partition coefficient (Wildman–Crippen LogP) is 7.31. The van der Waals surface area contributed by atoms with Crippen LogP contribution < -0.4 is 15.0 Å². The maximum atomic E-state index is 13.6. The van der Waals surface area contributed by atoms with Crippen LogP contribution in [0.2, 0.25) is 5.02 Å². The van der Waals surface area contributed by atoms with E-state index in [-0.39, 0.29) is 23.3 Å². The summed E-state index contributed by atoms with van der Waals surface area (Å²) < 4.78 is 44.0. The Morgan fingerprint density at radius 3 is 2.25 bits per heavy atom. The van der Waals surface area contributed by atoms with E-state index in [4.69, 9.17) is 16.3 Å². The van der Waals surface area contributed by atoms with Crippen LogP contribution in [0.5, 0.6) is 5.75 Å². The Morgan fingerprint density at radius 1 is 0.932 bits per heavy atom. The number of alkyl halides is 3. The number of halogens is 4. The van der Waals surface area contributed by atoms with Crippen LogP contribution in [0.25, 0.3) is 0 Å². The number of piperidine rings is 2. The molecule has 6 rings (SSSR count). The van der Waals surface area contributed by atoms with E-state index in [1.165, 1.54) is 0 Å². The molecule has 6 nitrogen and oxygen atoms in total. The fraction of sp³-hybridized carbons (Fsp3) is 0.412. The van der Waals surface area contributed by atoms with Gasteiger partial charge in [-0.3, -0.25) is 9.59 Å². The summed E-state index contributed by atoms with van der Waals surface area (Å²) >= 11 is 6.32. The van der Waals surface area contributed by atoms with Crippen molar-refractivity contribution in [2.75, 3.05) is 38.2 Å². The number of methoxy groups -OCH3 is 1. The minimum Gasteiger partial charge on any atom is -0.497 e. The number of nitrogens with one attached hydrogen (secondary N) is 1. The second kappa shape index (κ2) is 12.0. The standard InChI is InChI=1S/C34H35ClF3N3O3/c1-44-26-9-10-27(29(35)21-26)31(42)39-30-11-4-22-2-3-23(20-28(22)30)32(43)41-18-14-33(15-19-41)12-16-40(17-13-33)25-7-5-24(6-8-25)34(36,37)38/h2-3,5-10,20-21,30H,4,11-19H2,1H3,(H,39,42). The zero-order chi connectivity index (χ0) is 31.1. The molecule has 1 N–H and O–H groups in total. The number of fused-ring (bicyclic) bond motifs is 1. The van der Waals surface area contributed by atoms with E-state index >= 15 is 0 Å². The number of hydrogen-bond acceptors (Lipinski definition) is 4. The normalized spacial score (nSPS) is 19.5. The van der Waals surface area contributed by atoms with Gasteiger partial charge in [-0.2, -0.15) is 13.2 Å². The van der Waals surface area contributed by atoms with Crippen LogP contribution in [0.15, 0.2) is 60.7 Å². The van der Waals surface area contributed by atoms with Crippen LogP contribution in [0, 0.1) is 5.41 Å². The Balaban J connectivity index is 1.05. The van der Waals surface area contributed by atoms with Crippen LogP contribution in [-0.4, -0.2) is 50.0 Å². The lowest BCUT2D eigenvalue weighted by atomic mass is 9.71. The number of anilines is 1. The maximum absolute atomic E-state index is 13.6. The average Bonchev–Trinajstić information content (AvgIpc) is 3.42. The monoisotopic (exact) mass is 625 g/mol. The molecule has 3 aromatic carbocycles. The number of nitrogens with zero attached hydrogens (tertiary/aromatic N) is 2. The molecule has 0 aromatic heterocycles. The first-order valence-corrected chi connectivity index (χ1v) is 15.4. The smallest absolute Gasteiger partial charge is 0.416 e. The van der Waals surface area contributed by atoms with E-state index in [0.29, 0.717) is 35.0 Å². The van der Waals surface area contributed by atoms with Crippen molar-refractivity contribution < 1.29 is 27.5 Å². The third-order valence-corrected chi connectivity index (χ3v) is 10.0. The van der Waals surface area contributed by atoms with Gasteiger partial charge < -0.3 is 19.9 Å². The molecule has 2 aliphatic heterocycles. The lowest BCUT2D eigenvalue weighted by Gasteiger charge is -2.47. The lowest BCUT2D eigenvalue weighted by Crippen LogP contribution is -2.48. The summed E-state index contributed by atoms with van der Waals surface area (Å²) in [4.78, 5) is 30.7. The molecule has 44 heavy (non-hydrogen) atoms. The largest absolute Gasteiger partial charge is 0.497 e. The molecule has 2 fully saturated rings. The molecule has 0 saturated carbocycles. The van der Waals surface area contributed by atoms with Gasteiger partial charge in [0.15, 0.2) is 0 Å². The minimum absolute atomic E-state index is 0.0000146. The molecule has 2 heterocycles. The van der Waals surface area contributed by atoms with E-state index in [1.54, 1.807) is 37.4 Å². The lowest BCUT2D eigenvalue weighted by molar-refractivity contribution is -0.137. The first-order chi connectivity index (χ1) is 21.0. The van der Waals surface area contributed by atoms with Crippen LogP contribution in [0.1, 0.15) is 75.6 Å². The summed E-state index contributed by atoms with van der Waals surface area (Å²) in [7, 11) is 1.54. The van der Waals surface area contributed by atoms with Crippen molar-refractivity contribution in [1.82, 2.24) is 10.2 Å². The van der Waals surface area contributed by atoms with Crippen LogP contribution in [0.3, 0.4) is 0 Å². The number of aryl methyl sites for hydroxylation is 1. The van der Waals surface area contributed by atoms with Crippen molar-refractivity contribution in [3.05, 3.63) is 93.5 Å². The van der Waals surface area contributed by atoms with Gasteiger partial charge in [0, 0.05) is 37.4 Å². The highest BCUT2D eigenvalue weighted by atomic mass is 35.5. The van der Waals surface area contributed by atoms with E-state index in [9.17, 15) is 22.8 Å². The van der Waals surface area contributed by atoms with Gasteiger partial charge in [-0.15, -0.1) is 0 Å². The molecule has 2 amide bonds. The molecular formula is C34H35ClF3N3O3. The molecule has 3 aromatic rings. The maximum Gasteiger partial charge on any atom is 0.416 e. The number of ether oxygens (including phenoxy) is 1. The third kappa shape index (κ3) is 6.11.